The number of carbonyl (C=O) groups is 1. The second-order valence-corrected chi connectivity index (χ2v) is 5.93. The quantitative estimate of drug-likeness (QED) is 0.696. The van der Waals surface area contributed by atoms with E-state index in [9.17, 15) is 22.7 Å². The van der Waals surface area contributed by atoms with Crippen molar-refractivity contribution < 1.29 is 27.8 Å². The van der Waals surface area contributed by atoms with Gasteiger partial charge in [-0.2, -0.15) is 0 Å². The third-order valence-electron chi connectivity index (χ3n) is 2.71. The Morgan fingerprint density at radius 2 is 2.10 bits per heavy atom. The highest BCUT2D eigenvalue weighted by molar-refractivity contribution is 7.89. The maximum Gasteiger partial charge on any atom is 0.335 e. The largest absolute Gasteiger partial charge is 0.478 e. The zero-order chi connectivity index (χ0) is 15.3. The Balaban J connectivity index is 2.85. The van der Waals surface area contributed by atoms with Crippen molar-refractivity contribution in [1.82, 2.24) is 4.72 Å². The Bertz CT molecular complexity index is 588. The van der Waals surface area contributed by atoms with E-state index in [-0.39, 0.29) is 18.5 Å². The first-order chi connectivity index (χ1) is 9.27. The molecule has 1 aromatic carbocycles. The number of sulfonamides is 1. The number of hydrogen-bond acceptors (Lipinski definition) is 4. The fourth-order valence-electron chi connectivity index (χ4n) is 1.49. The molecule has 8 heteroatoms. The number of halogens is 1. The van der Waals surface area contributed by atoms with E-state index in [0.29, 0.717) is 12.5 Å². The van der Waals surface area contributed by atoms with E-state index in [2.05, 4.69) is 4.72 Å². The van der Waals surface area contributed by atoms with Crippen molar-refractivity contribution in [2.24, 2.45) is 0 Å². The Morgan fingerprint density at radius 1 is 1.45 bits per heavy atom. The molecule has 1 rings (SSSR count). The van der Waals surface area contributed by atoms with Crippen molar-refractivity contribution in [1.29, 1.82) is 0 Å². The van der Waals surface area contributed by atoms with Crippen LogP contribution in [-0.2, 0) is 10.0 Å². The van der Waals surface area contributed by atoms with Crippen molar-refractivity contribution in [3.05, 3.63) is 29.6 Å². The summed E-state index contributed by atoms with van der Waals surface area (Å²) in [7, 11) is -4.07. The minimum absolute atomic E-state index is 0.0303. The maximum atomic E-state index is 13.6. The summed E-state index contributed by atoms with van der Waals surface area (Å²) in [6.45, 7) is 1.72. The van der Waals surface area contributed by atoms with Crippen LogP contribution in [0.2, 0.25) is 0 Å². The lowest BCUT2D eigenvalue weighted by atomic mass is 10.2. The number of rotatable bonds is 7. The molecule has 1 atom stereocenters. The lowest BCUT2D eigenvalue weighted by Gasteiger charge is -2.10. The van der Waals surface area contributed by atoms with E-state index in [1.54, 1.807) is 6.92 Å². The Hall–Kier alpha value is -1.51. The van der Waals surface area contributed by atoms with Gasteiger partial charge in [-0.05, 0) is 31.0 Å². The van der Waals surface area contributed by atoms with Crippen LogP contribution in [0.4, 0.5) is 4.39 Å². The van der Waals surface area contributed by atoms with Gasteiger partial charge in [-0.3, -0.25) is 0 Å². The first-order valence-electron chi connectivity index (χ1n) is 5.98. The zero-order valence-corrected chi connectivity index (χ0v) is 11.7. The van der Waals surface area contributed by atoms with Gasteiger partial charge in [-0.15, -0.1) is 0 Å². The van der Waals surface area contributed by atoms with Crippen LogP contribution in [0.5, 0.6) is 0 Å². The molecule has 6 nitrogen and oxygen atoms in total. The number of hydrogen-bond donors (Lipinski definition) is 3. The van der Waals surface area contributed by atoms with Crippen LogP contribution in [0.25, 0.3) is 0 Å². The van der Waals surface area contributed by atoms with Crippen LogP contribution in [0.1, 0.15) is 30.1 Å². The molecule has 0 heterocycles. The van der Waals surface area contributed by atoms with Crippen LogP contribution >= 0.6 is 0 Å². The number of aliphatic hydroxyl groups is 1. The highest BCUT2D eigenvalue weighted by Gasteiger charge is 2.20. The van der Waals surface area contributed by atoms with Gasteiger partial charge in [0.15, 0.2) is 0 Å². The fourth-order valence-corrected chi connectivity index (χ4v) is 2.60. The number of aromatic carboxylic acids is 1. The minimum Gasteiger partial charge on any atom is -0.478 e. The average molecular weight is 305 g/mol. The smallest absolute Gasteiger partial charge is 0.335 e. The second-order valence-electron chi connectivity index (χ2n) is 4.20. The summed E-state index contributed by atoms with van der Waals surface area (Å²) >= 11 is 0. The van der Waals surface area contributed by atoms with Gasteiger partial charge in [-0.25, -0.2) is 22.3 Å². The molecule has 0 aromatic heterocycles. The molecule has 0 aliphatic carbocycles. The molecule has 0 bridgehead atoms. The highest BCUT2D eigenvalue weighted by atomic mass is 32.2. The van der Waals surface area contributed by atoms with Gasteiger partial charge >= 0.3 is 5.97 Å². The monoisotopic (exact) mass is 305 g/mol. The van der Waals surface area contributed by atoms with Gasteiger partial charge < -0.3 is 10.2 Å². The zero-order valence-electron chi connectivity index (χ0n) is 10.8. The van der Waals surface area contributed by atoms with Crippen molar-refractivity contribution in [3.8, 4) is 0 Å². The van der Waals surface area contributed by atoms with Gasteiger partial charge in [0.1, 0.15) is 10.7 Å². The number of carboxylic acids is 1. The van der Waals surface area contributed by atoms with E-state index in [4.69, 9.17) is 5.11 Å². The molecule has 0 spiro atoms. The van der Waals surface area contributed by atoms with Crippen LogP contribution in [0.3, 0.4) is 0 Å². The summed E-state index contributed by atoms with van der Waals surface area (Å²) < 4.78 is 39.4. The fraction of sp³-hybridized carbons (Fsp3) is 0.417. The van der Waals surface area contributed by atoms with Crippen LogP contribution < -0.4 is 4.72 Å². The standard InChI is InChI=1S/C12H16FNO5S/c1-2-9(15)5-6-14-20(18,19)11-4-3-8(12(16)17)7-10(11)13/h3-4,7,9,14-15H,2,5-6H2,1H3,(H,16,17). The Morgan fingerprint density at radius 3 is 2.60 bits per heavy atom. The van der Waals surface area contributed by atoms with E-state index in [0.717, 1.165) is 12.1 Å². The van der Waals surface area contributed by atoms with Gasteiger partial charge in [0.25, 0.3) is 0 Å². The summed E-state index contributed by atoms with van der Waals surface area (Å²) in [4.78, 5) is 10.0. The molecule has 20 heavy (non-hydrogen) atoms. The van der Waals surface area contributed by atoms with E-state index in [1.807, 2.05) is 0 Å². The van der Waals surface area contributed by atoms with Crippen LogP contribution in [-0.4, -0.2) is 37.2 Å². The molecule has 0 amide bonds. The predicted molar refractivity (Wildman–Crippen MR) is 69.5 cm³/mol. The van der Waals surface area contributed by atoms with Crippen molar-refractivity contribution in [2.75, 3.05) is 6.54 Å². The summed E-state index contributed by atoms with van der Waals surface area (Å²) in [6, 6.07) is 2.57. The van der Waals surface area contributed by atoms with Gasteiger partial charge in [-0.1, -0.05) is 6.92 Å². The lowest BCUT2D eigenvalue weighted by molar-refractivity contribution is 0.0696. The maximum absolute atomic E-state index is 13.6. The first-order valence-corrected chi connectivity index (χ1v) is 7.46. The molecule has 0 aliphatic heterocycles. The molecular formula is C12H16FNO5S. The molecular weight excluding hydrogens is 289 g/mol. The molecule has 0 fully saturated rings. The van der Waals surface area contributed by atoms with Crippen LogP contribution in [0, 0.1) is 5.82 Å². The second kappa shape index (κ2) is 6.78. The normalized spacial score (nSPS) is 13.2. The molecule has 3 N–H and O–H groups in total. The number of benzene rings is 1. The van der Waals surface area contributed by atoms with Crippen molar-refractivity contribution in [2.45, 2.75) is 30.8 Å². The summed E-state index contributed by atoms with van der Waals surface area (Å²) in [5, 5.41) is 18.0. The van der Waals surface area contributed by atoms with Crippen molar-refractivity contribution >= 4 is 16.0 Å². The molecule has 1 aromatic rings. The summed E-state index contributed by atoms with van der Waals surface area (Å²) in [5.74, 6) is -2.47. The molecule has 1 unspecified atom stereocenters. The van der Waals surface area contributed by atoms with Crippen molar-refractivity contribution in [3.63, 3.8) is 0 Å². The predicted octanol–water partition coefficient (Wildman–Crippen LogP) is 0.963. The average Bonchev–Trinajstić information content (AvgIpc) is 2.37. The van der Waals surface area contributed by atoms with Gasteiger partial charge in [0.2, 0.25) is 10.0 Å². The van der Waals surface area contributed by atoms with Gasteiger partial charge in [0.05, 0.1) is 11.7 Å². The molecule has 112 valence electrons. The number of carboxylic acid groups (broad SMARTS) is 1. The van der Waals surface area contributed by atoms with Crippen LogP contribution in [0.15, 0.2) is 23.1 Å². The number of nitrogens with one attached hydrogen (secondary N) is 1. The third-order valence-corrected chi connectivity index (χ3v) is 4.20. The van der Waals surface area contributed by atoms with E-state index >= 15 is 0 Å². The van der Waals surface area contributed by atoms with E-state index < -0.39 is 32.8 Å². The Labute approximate surface area is 116 Å². The topological polar surface area (TPSA) is 104 Å². The minimum atomic E-state index is -4.07. The summed E-state index contributed by atoms with van der Waals surface area (Å²) in [5.41, 5.74) is -0.331. The van der Waals surface area contributed by atoms with Gasteiger partial charge in [0, 0.05) is 6.54 Å². The third kappa shape index (κ3) is 4.26. The summed E-state index contributed by atoms with van der Waals surface area (Å²) in [6.07, 6.45) is 0.0745. The Kier molecular flexibility index (Phi) is 5.61. The number of aliphatic hydroxyl groups excluding tert-OH is 1. The lowest BCUT2D eigenvalue weighted by Crippen LogP contribution is -2.28. The molecule has 0 aliphatic rings. The van der Waals surface area contributed by atoms with E-state index in [1.165, 1.54) is 0 Å². The first kappa shape index (κ1) is 16.5. The molecule has 0 saturated heterocycles. The molecule has 0 saturated carbocycles. The highest BCUT2D eigenvalue weighted by Crippen LogP contribution is 2.16. The SMILES string of the molecule is CCC(O)CCNS(=O)(=O)c1ccc(C(=O)O)cc1F. The molecule has 0 radical (unpaired) electrons.